The van der Waals surface area contributed by atoms with Crippen LogP contribution in [0.1, 0.15) is 82.1 Å². The highest BCUT2D eigenvalue weighted by molar-refractivity contribution is 9.10. The molecule has 72 heavy (non-hydrogen) atoms. The molecule has 0 atom stereocenters. The number of nitrogens with zero attached hydrogens (tertiary/aromatic N) is 6. The van der Waals surface area contributed by atoms with E-state index in [2.05, 4.69) is 35.9 Å². The lowest BCUT2D eigenvalue weighted by Crippen LogP contribution is -2.41. The van der Waals surface area contributed by atoms with Crippen molar-refractivity contribution in [3.8, 4) is 11.1 Å². The van der Waals surface area contributed by atoms with Gasteiger partial charge in [0, 0.05) is 41.4 Å². The van der Waals surface area contributed by atoms with Crippen molar-refractivity contribution in [3.63, 3.8) is 0 Å². The van der Waals surface area contributed by atoms with E-state index in [0.717, 1.165) is 37.8 Å². The molecular formula is C54H50BBrF2N8O6. The van der Waals surface area contributed by atoms with E-state index in [9.17, 15) is 23.5 Å². The first-order chi connectivity index (χ1) is 34.4. The molecule has 6 aromatic carbocycles. The number of aromatic nitrogens is 4. The van der Waals surface area contributed by atoms with Crippen molar-refractivity contribution < 1.29 is 37.9 Å². The third-order valence-electron chi connectivity index (χ3n) is 13.4. The van der Waals surface area contributed by atoms with Gasteiger partial charge in [-0.05, 0) is 126 Å². The van der Waals surface area contributed by atoms with Crippen LogP contribution in [-0.2, 0) is 48.7 Å². The summed E-state index contributed by atoms with van der Waals surface area (Å²) in [5.41, 5.74) is 20.4. The van der Waals surface area contributed by atoms with Crippen LogP contribution in [0.15, 0.2) is 126 Å². The largest absolute Gasteiger partial charge is 0.494 e. The lowest BCUT2D eigenvalue weighted by Gasteiger charge is -2.32. The number of hydrogen-bond acceptors (Lipinski definition) is 12. The zero-order chi connectivity index (χ0) is 51.1. The molecule has 2 aromatic heterocycles. The van der Waals surface area contributed by atoms with Crippen molar-refractivity contribution in [1.29, 1.82) is 0 Å². The van der Waals surface area contributed by atoms with Crippen LogP contribution in [0.25, 0.3) is 32.9 Å². The van der Waals surface area contributed by atoms with Gasteiger partial charge in [-0.3, -0.25) is 9.59 Å². The van der Waals surface area contributed by atoms with Crippen LogP contribution in [0.5, 0.6) is 0 Å². The summed E-state index contributed by atoms with van der Waals surface area (Å²) in [6.45, 7) is 9.72. The SMILES string of the molecule is CC1(C)OB(c2ccc3nc(N)nc(C(=O)N4Cc5ccccc5C4)c3c2)OC1(C)C.Nc1nc(C(=O)N2Cc3ccccc3C2)c2cc(-c3ccc(F)cc3CO)ccc2n1.OCc1cc(F)ccc1Br. The molecule has 5 heterocycles. The molecule has 0 radical (unpaired) electrons. The van der Waals surface area contributed by atoms with Crippen LogP contribution in [0.2, 0.25) is 0 Å². The van der Waals surface area contributed by atoms with E-state index in [1.54, 1.807) is 40.1 Å². The van der Waals surface area contributed by atoms with Crippen LogP contribution in [0.4, 0.5) is 20.7 Å². The Morgan fingerprint density at radius 2 is 1.06 bits per heavy atom. The Kier molecular flexibility index (Phi) is 13.9. The van der Waals surface area contributed by atoms with Crippen molar-refractivity contribution >= 4 is 74.0 Å². The minimum absolute atomic E-state index is 0.0261. The summed E-state index contributed by atoms with van der Waals surface area (Å²) in [4.78, 5) is 47.5. The molecule has 2 amide bonds. The van der Waals surface area contributed by atoms with Gasteiger partial charge in [0.05, 0.1) is 35.4 Å². The van der Waals surface area contributed by atoms with Crippen LogP contribution < -0.4 is 16.9 Å². The number of fused-ring (bicyclic) bond motifs is 4. The van der Waals surface area contributed by atoms with Gasteiger partial charge < -0.3 is 40.8 Å². The Morgan fingerprint density at radius 3 is 1.53 bits per heavy atom. The summed E-state index contributed by atoms with van der Waals surface area (Å²) in [7, 11) is -0.536. The van der Waals surface area contributed by atoms with Gasteiger partial charge in [-0.15, -0.1) is 0 Å². The fourth-order valence-electron chi connectivity index (χ4n) is 8.82. The Morgan fingerprint density at radius 1 is 0.611 bits per heavy atom. The highest BCUT2D eigenvalue weighted by atomic mass is 79.9. The van der Waals surface area contributed by atoms with E-state index in [-0.39, 0.29) is 48.4 Å². The average Bonchev–Trinajstić information content (AvgIpc) is 4.07. The highest BCUT2D eigenvalue weighted by Crippen LogP contribution is 2.37. The Bertz CT molecular complexity index is 3350. The number of nitrogens with two attached hydrogens (primary N) is 2. The molecule has 11 rings (SSSR count). The number of anilines is 2. The van der Waals surface area contributed by atoms with Crippen molar-refractivity contribution in [2.45, 2.75) is 78.3 Å². The third-order valence-corrected chi connectivity index (χ3v) is 14.1. The number of amides is 2. The zero-order valence-electron chi connectivity index (χ0n) is 39.9. The van der Waals surface area contributed by atoms with Gasteiger partial charge >= 0.3 is 7.12 Å². The molecule has 1 fully saturated rings. The Balaban J connectivity index is 0.000000149. The predicted molar refractivity (Wildman–Crippen MR) is 275 cm³/mol. The summed E-state index contributed by atoms with van der Waals surface area (Å²) in [5.74, 6) is -1.04. The van der Waals surface area contributed by atoms with Crippen LogP contribution >= 0.6 is 15.9 Å². The van der Waals surface area contributed by atoms with Gasteiger partial charge in [0.25, 0.3) is 11.8 Å². The first-order valence-electron chi connectivity index (χ1n) is 23.1. The number of carbonyl (C=O) groups is 2. The van der Waals surface area contributed by atoms with Gasteiger partial charge in [-0.1, -0.05) is 88.7 Å². The first kappa shape index (κ1) is 49.8. The van der Waals surface area contributed by atoms with E-state index >= 15 is 0 Å². The molecule has 3 aliphatic rings. The lowest BCUT2D eigenvalue weighted by molar-refractivity contribution is 0.00578. The maximum Gasteiger partial charge on any atom is 0.494 e. The number of aliphatic hydroxyl groups excluding tert-OH is 2. The summed E-state index contributed by atoms with van der Waals surface area (Å²) in [6.07, 6.45) is 0. The van der Waals surface area contributed by atoms with Crippen LogP contribution in [0, 0.1) is 11.6 Å². The number of benzene rings is 6. The molecule has 8 aromatic rings. The number of hydrogen-bond donors (Lipinski definition) is 4. The fraction of sp³-hybridized carbons (Fsp3) is 0.222. The monoisotopic (exact) mass is 1030 g/mol. The molecule has 0 bridgehead atoms. The molecule has 3 aliphatic heterocycles. The van der Waals surface area contributed by atoms with Gasteiger partial charge in [0.2, 0.25) is 11.9 Å². The standard InChI is InChI=1S/C24H19FN4O2.C23H25BN4O3.C7H6BrFO/c25-18-6-7-19(17(9-18)13-30)14-5-8-21-20(10-14)22(28-24(26)27-21)23(31)29-11-15-3-1-2-4-16(15)12-29;1-22(2)23(3,4)31-24(30-22)16-9-10-18-17(11-16)19(27-21(25)26-18)20(29)28-12-14-7-5-6-8-15(14)13-28;8-7-2-1-6(9)3-5(7)4-10/h1-10,30H,11-13H2,(H2,26,27,28);5-11H,12-13H2,1-4H3,(H2,25,26,27);1-3,10H,4H2. The molecule has 0 spiro atoms. The molecule has 6 N–H and O–H groups in total. The number of halogens is 3. The zero-order valence-corrected chi connectivity index (χ0v) is 41.5. The highest BCUT2D eigenvalue weighted by Gasteiger charge is 2.51. The molecular weight excluding hydrogens is 985 g/mol. The molecule has 0 saturated carbocycles. The number of carbonyl (C=O) groups excluding carboxylic acids is 2. The number of aliphatic hydroxyl groups is 2. The van der Waals surface area contributed by atoms with E-state index in [1.165, 1.54) is 24.3 Å². The maximum atomic E-state index is 13.6. The molecule has 366 valence electrons. The lowest BCUT2D eigenvalue weighted by atomic mass is 9.78. The second-order valence-corrected chi connectivity index (χ2v) is 19.5. The number of rotatable bonds is 6. The molecule has 14 nitrogen and oxygen atoms in total. The molecule has 0 aliphatic carbocycles. The van der Waals surface area contributed by atoms with Crippen LogP contribution in [-0.4, -0.2) is 70.1 Å². The van der Waals surface area contributed by atoms with Crippen molar-refractivity contribution in [2.75, 3.05) is 11.5 Å². The van der Waals surface area contributed by atoms with E-state index in [4.69, 9.17) is 25.9 Å². The second-order valence-electron chi connectivity index (χ2n) is 18.7. The minimum Gasteiger partial charge on any atom is -0.399 e. The van der Waals surface area contributed by atoms with Crippen molar-refractivity contribution in [2.24, 2.45) is 0 Å². The quantitative estimate of drug-likeness (QED) is 0.116. The van der Waals surface area contributed by atoms with E-state index in [0.29, 0.717) is 70.4 Å². The smallest absolute Gasteiger partial charge is 0.399 e. The van der Waals surface area contributed by atoms with E-state index < -0.39 is 24.1 Å². The summed E-state index contributed by atoms with van der Waals surface area (Å²) >= 11 is 3.16. The van der Waals surface area contributed by atoms with Crippen molar-refractivity contribution in [3.05, 3.63) is 182 Å². The number of nitrogen functional groups attached to an aromatic ring is 2. The molecule has 0 unspecified atom stereocenters. The van der Waals surface area contributed by atoms with Gasteiger partial charge in [0.1, 0.15) is 23.0 Å². The van der Waals surface area contributed by atoms with Gasteiger partial charge in [0.15, 0.2) is 0 Å². The Labute approximate surface area is 422 Å². The predicted octanol–water partition coefficient (Wildman–Crippen LogP) is 8.41. The van der Waals surface area contributed by atoms with Crippen molar-refractivity contribution in [1.82, 2.24) is 29.7 Å². The topological polar surface area (TPSA) is 203 Å². The normalized spacial score (nSPS) is 15.2. The Hall–Kier alpha value is -7.22. The fourth-order valence-corrected chi connectivity index (χ4v) is 9.19. The van der Waals surface area contributed by atoms with Crippen LogP contribution in [0.3, 0.4) is 0 Å². The third kappa shape index (κ3) is 10.1. The maximum absolute atomic E-state index is 13.6. The molecule has 1 saturated heterocycles. The summed E-state index contributed by atoms with van der Waals surface area (Å²) < 4.78 is 39.1. The van der Waals surface area contributed by atoms with E-state index in [1.807, 2.05) is 94.4 Å². The molecule has 18 heteroatoms. The summed E-state index contributed by atoms with van der Waals surface area (Å²) in [5, 5.41) is 19.5. The van der Waals surface area contributed by atoms with Gasteiger partial charge in [-0.25, -0.2) is 28.7 Å². The minimum atomic E-state index is -0.536. The summed E-state index contributed by atoms with van der Waals surface area (Å²) in [6, 6.07) is 35.4. The second kappa shape index (κ2) is 20.1. The first-order valence-corrected chi connectivity index (χ1v) is 23.9. The van der Waals surface area contributed by atoms with Gasteiger partial charge in [-0.2, -0.15) is 0 Å². The average molecular weight is 1040 g/mol.